The Morgan fingerprint density at radius 1 is 1.43 bits per heavy atom. The summed E-state index contributed by atoms with van der Waals surface area (Å²) in [4.78, 5) is 4.36. The highest BCUT2D eigenvalue weighted by Crippen LogP contribution is 2.33. The number of hydrogen-bond donors (Lipinski definition) is 1. The van der Waals surface area contributed by atoms with Gasteiger partial charge in [-0.25, -0.2) is 4.98 Å². The quantitative estimate of drug-likeness (QED) is 0.755. The number of halogens is 1. The molecule has 0 saturated carbocycles. The molecule has 0 saturated heterocycles. The van der Waals surface area contributed by atoms with Crippen molar-refractivity contribution in [3.8, 4) is 11.3 Å². The van der Waals surface area contributed by atoms with Crippen molar-refractivity contribution in [1.29, 1.82) is 0 Å². The summed E-state index contributed by atoms with van der Waals surface area (Å²) in [6.45, 7) is 1.96. The molecule has 72 valence electrons. The van der Waals surface area contributed by atoms with Crippen LogP contribution in [0.25, 0.3) is 11.3 Å². The Kier molecular flexibility index (Phi) is 2.44. The molecule has 2 N–H and O–H groups in total. The van der Waals surface area contributed by atoms with Crippen LogP contribution in [0, 0.1) is 6.92 Å². The summed E-state index contributed by atoms with van der Waals surface area (Å²) >= 11 is 7.65. The molecule has 0 aliphatic carbocycles. The lowest BCUT2D eigenvalue weighted by atomic mass is 10.1. The monoisotopic (exact) mass is 224 g/mol. The van der Waals surface area contributed by atoms with E-state index in [0.29, 0.717) is 10.7 Å². The zero-order valence-electron chi connectivity index (χ0n) is 7.62. The van der Waals surface area contributed by atoms with Crippen LogP contribution in [0.1, 0.15) is 5.01 Å². The third kappa shape index (κ3) is 1.61. The number of thiazole rings is 1. The maximum atomic E-state index is 6.06. The van der Waals surface area contributed by atoms with Crippen LogP contribution in [-0.2, 0) is 0 Å². The predicted molar refractivity (Wildman–Crippen MR) is 61.7 cm³/mol. The van der Waals surface area contributed by atoms with Crippen molar-refractivity contribution in [2.75, 3.05) is 5.73 Å². The summed E-state index contributed by atoms with van der Waals surface area (Å²) in [7, 11) is 0. The number of aromatic nitrogens is 1. The lowest BCUT2D eigenvalue weighted by Crippen LogP contribution is -1.90. The smallest absolute Gasteiger partial charge is 0.0901 e. The summed E-state index contributed by atoms with van der Waals surface area (Å²) in [6.07, 6.45) is 0. The Hall–Kier alpha value is -1.06. The molecule has 0 spiro atoms. The van der Waals surface area contributed by atoms with E-state index in [9.17, 15) is 0 Å². The lowest BCUT2D eigenvalue weighted by Gasteiger charge is -2.03. The van der Waals surface area contributed by atoms with Gasteiger partial charge in [0.2, 0.25) is 0 Å². The summed E-state index contributed by atoms with van der Waals surface area (Å²) < 4.78 is 0. The van der Waals surface area contributed by atoms with Crippen LogP contribution in [-0.4, -0.2) is 4.98 Å². The average molecular weight is 225 g/mol. The lowest BCUT2D eigenvalue weighted by molar-refractivity contribution is 1.30. The molecule has 0 fully saturated rings. The van der Waals surface area contributed by atoms with Gasteiger partial charge < -0.3 is 5.73 Å². The van der Waals surface area contributed by atoms with E-state index in [4.69, 9.17) is 17.3 Å². The van der Waals surface area contributed by atoms with Crippen LogP contribution in [0.5, 0.6) is 0 Å². The Morgan fingerprint density at radius 3 is 2.79 bits per heavy atom. The Balaban J connectivity index is 2.61. The molecule has 2 rings (SSSR count). The molecule has 0 unspecified atom stereocenters. The molecule has 0 radical (unpaired) electrons. The van der Waals surface area contributed by atoms with Crippen molar-refractivity contribution < 1.29 is 0 Å². The van der Waals surface area contributed by atoms with Gasteiger partial charge in [0.1, 0.15) is 0 Å². The van der Waals surface area contributed by atoms with Gasteiger partial charge in [0.15, 0.2) is 0 Å². The second kappa shape index (κ2) is 3.59. The standard InChI is InChI=1S/C10H9ClN2S/c1-6-13-9(5-14-6)10-7(11)3-2-4-8(10)12/h2-5H,12H2,1H3. The first-order valence-electron chi connectivity index (χ1n) is 4.15. The molecule has 2 aromatic rings. The molecule has 0 atom stereocenters. The van der Waals surface area contributed by atoms with Crippen molar-refractivity contribution in [2.24, 2.45) is 0 Å². The zero-order chi connectivity index (χ0) is 10.1. The van der Waals surface area contributed by atoms with Crippen LogP contribution in [0.15, 0.2) is 23.6 Å². The minimum Gasteiger partial charge on any atom is -0.398 e. The fourth-order valence-corrected chi connectivity index (χ4v) is 2.17. The SMILES string of the molecule is Cc1nc(-c2c(N)cccc2Cl)cs1. The van der Waals surface area contributed by atoms with Crippen LogP contribution < -0.4 is 5.73 Å². The van der Waals surface area contributed by atoms with Gasteiger partial charge in [0.05, 0.1) is 15.7 Å². The number of aryl methyl sites for hydroxylation is 1. The molecule has 1 aromatic heterocycles. The molecular formula is C10H9ClN2S. The average Bonchev–Trinajstić information content (AvgIpc) is 2.51. The first kappa shape index (κ1) is 9.49. The van der Waals surface area contributed by atoms with Gasteiger partial charge in [0, 0.05) is 16.6 Å². The van der Waals surface area contributed by atoms with Crippen molar-refractivity contribution in [3.63, 3.8) is 0 Å². The highest BCUT2D eigenvalue weighted by Gasteiger charge is 2.09. The fraction of sp³-hybridized carbons (Fsp3) is 0.100. The normalized spacial score (nSPS) is 10.4. The van der Waals surface area contributed by atoms with E-state index < -0.39 is 0 Å². The first-order valence-corrected chi connectivity index (χ1v) is 5.41. The molecule has 14 heavy (non-hydrogen) atoms. The van der Waals surface area contributed by atoms with Gasteiger partial charge in [-0.05, 0) is 19.1 Å². The maximum Gasteiger partial charge on any atom is 0.0901 e. The van der Waals surface area contributed by atoms with Gasteiger partial charge in [-0.1, -0.05) is 17.7 Å². The maximum absolute atomic E-state index is 6.06. The Morgan fingerprint density at radius 2 is 2.21 bits per heavy atom. The summed E-state index contributed by atoms with van der Waals surface area (Å²) in [5.74, 6) is 0. The van der Waals surface area contributed by atoms with E-state index in [0.717, 1.165) is 16.3 Å². The number of anilines is 1. The van der Waals surface area contributed by atoms with Gasteiger partial charge >= 0.3 is 0 Å². The van der Waals surface area contributed by atoms with Gasteiger partial charge in [-0.3, -0.25) is 0 Å². The van der Waals surface area contributed by atoms with Crippen LogP contribution in [0.3, 0.4) is 0 Å². The van der Waals surface area contributed by atoms with Crippen molar-refractivity contribution in [3.05, 3.63) is 33.6 Å². The van der Waals surface area contributed by atoms with Crippen molar-refractivity contribution >= 4 is 28.6 Å². The minimum atomic E-state index is 0.648. The molecule has 1 aromatic carbocycles. The van der Waals surface area contributed by atoms with E-state index in [2.05, 4.69) is 4.98 Å². The highest BCUT2D eigenvalue weighted by molar-refractivity contribution is 7.09. The van der Waals surface area contributed by atoms with E-state index in [1.54, 1.807) is 11.3 Å². The minimum absolute atomic E-state index is 0.648. The number of nitrogen functional groups attached to an aromatic ring is 1. The molecule has 0 aliphatic rings. The molecule has 0 aliphatic heterocycles. The number of nitrogens with zero attached hydrogens (tertiary/aromatic N) is 1. The number of hydrogen-bond acceptors (Lipinski definition) is 3. The van der Waals surface area contributed by atoms with E-state index >= 15 is 0 Å². The van der Waals surface area contributed by atoms with Crippen molar-refractivity contribution in [2.45, 2.75) is 6.92 Å². The summed E-state index contributed by atoms with van der Waals surface area (Å²) in [5, 5.41) is 3.63. The topological polar surface area (TPSA) is 38.9 Å². The van der Waals surface area contributed by atoms with E-state index in [1.807, 2.05) is 30.5 Å². The second-order valence-electron chi connectivity index (χ2n) is 2.96. The molecule has 1 heterocycles. The number of nitrogens with two attached hydrogens (primary N) is 1. The van der Waals surface area contributed by atoms with Gasteiger partial charge in [-0.15, -0.1) is 11.3 Å². The number of rotatable bonds is 1. The number of benzene rings is 1. The molecule has 0 amide bonds. The molecule has 2 nitrogen and oxygen atoms in total. The van der Waals surface area contributed by atoms with Crippen LogP contribution in [0.2, 0.25) is 5.02 Å². The molecule has 4 heteroatoms. The van der Waals surface area contributed by atoms with Crippen LogP contribution >= 0.6 is 22.9 Å². The second-order valence-corrected chi connectivity index (χ2v) is 4.43. The van der Waals surface area contributed by atoms with E-state index in [1.165, 1.54) is 0 Å². The largest absolute Gasteiger partial charge is 0.398 e. The van der Waals surface area contributed by atoms with Crippen molar-refractivity contribution in [1.82, 2.24) is 4.98 Å². The summed E-state index contributed by atoms with van der Waals surface area (Å²) in [6, 6.07) is 5.48. The highest BCUT2D eigenvalue weighted by atomic mass is 35.5. The molecular weight excluding hydrogens is 216 g/mol. The van der Waals surface area contributed by atoms with E-state index in [-0.39, 0.29) is 0 Å². The molecule has 0 bridgehead atoms. The predicted octanol–water partition coefficient (Wildman–Crippen LogP) is 3.35. The zero-order valence-corrected chi connectivity index (χ0v) is 9.19. The Labute approximate surface area is 91.4 Å². The van der Waals surface area contributed by atoms with Gasteiger partial charge in [0.25, 0.3) is 0 Å². The van der Waals surface area contributed by atoms with Gasteiger partial charge in [-0.2, -0.15) is 0 Å². The summed E-state index contributed by atoms with van der Waals surface area (Å²) in [5.41, 5.74) is 8.20. The Bertz CT molecular complexity index is 445. The first-order chi connectivity index (χ1) is 6.68. The third-order valence-electron chi connectivity index (χ3n) is 1.92. The van der Waals surface area contributed by atoms with Crippen LogP contribution in [0.4, 0.5) is 5.69 Å². The fourth-order valence-electron chi connectivity index (χ4n) is 1.29. The third-order valence-corrected chi connectivity index (χ3v) is 3.01.